The second-order valence-electron chi connectivity index (χ2n) is 8.69. The number of aliphatic hydroxyl groups is 1. The lowest BCUT2D eigenvalue weighted by Crippen LogP contribution is -2.51. The van der Waals surface area contributed by atoms with Crippen molar-refractivity contribution in [2.24, 2.45) is 0 Å². The molecule has 0 aliphatic carbocycles. The van der Waals surface area contributed by atoms with E-state index < -0.39 is 48.8 Å². The van der Waals surface area contributed by atoms with Gasteiger partial charge in [0.05, 0.1) is 12.8 Å². The Bertz CT molecular complexity index is 889. The lowest BCUT2D eigenvalue weighted by atomic mass is 9.74. The quantitative estimate of drug-likeness (QED) is 0.295. The lowest BCUT2D eigenvalue weighted by molar-refractivity contribution is -0.158. The van der Waals surface area contributed by atoms with Gasteiger partial charge in [0.2, 0.25) is 0 Å². The molecular weight excluding hydrogens is 432 g/mol. The summed E-state index contributed by atoms with van der Waals surface area (Å²) in [5.41, 5.74) is -1.73. The first-order chi connectivity index (χ1) is 15.5. The van der Waals surface area contributed by atoms with Gasteiger partial charge in [0.1, 0.15) is 12.3 Å². The predicted molar refractivity (Wildman–Crippen MR) is 118 cm³/mol. The van der Waals surface area contributed by atoms with Crippen LogP contribution in [0.15, 0.2) is 24.3 Å². The van der Waals surface area contributed by atoms with Crippen LogP contribution in [-0.4, -0.2) is 76.3 Å². The highest BCUT2D eigenvalue weighted by atomic mass is 16.5. The Morgan fingerprint density at radius 2 is 1.88 bits per heavy atom. The molecule has 0 spiro atoms. The normalized spacial score (nSPS) is 20.8. The van der Waals surface area contributed by atoms with Crippen LogP contribution in [0.3, 0.4) is 0 Å². The number of carboxylic acids is 2. The van der Waals surface area contributed by atoms with E-state index in [1.807, 2.05) is 11.4 Å². The van der Waals surface area contributed by atoms with Crippen LogP contribution in [0, 0.1) is 0 Å². The van der Waals surface area contributed by atoms with Gasteiger partial charge < -0.3 is 30.3 Å². The Kier molecular flexibility index (Phi) is 8.95. The minimum Gasteiger partial charge on any atom is -0.481 e. The van der Waals surface area contributed by atoms with Gasteiger partial charge in [0, 0.05) is 12.0 Å². The second kappa shape index (κ2) is 11.2. The van der Waals surface area contributed by atoms with Crippen molar-refractivity contribution < 1.29 is 39.2 Å². The average molecular weight is 465 g/mol. The number of aliphatic carboxylic acids is 2. The number of carbonyl (C=O) groups is 4. The molecule has 182 valence electrons. The van der Waals surface area contributed by atoms with Crippen LogP contribution in [0.5, 0.6) is 5.75 Å². The third-order valence-corrected chi connectivity index (χ3v) is 6.08. The van der Waals surface area contributed by atoms with E-state index in [2.05, 4.69) is 18.9 Å². The Morgan fingerprint density at radius 1 is 1.15 bits per heavy atom. The number of likely N-dealkylation sites (tertiary alicyclic amines) is 1. The van der Waals surface area contributed by atoms with Crippen LogP contribution >= 0.6 is 0 Å². The van der Waals surface area contributed by atoms with Crippen LogP contribution < -0.4 is 10.1 Å². The Labute approximate surface area is 192 Å². The molecule has 10 nitrogen and oxygen atoms in total. The Morgan fingerprint density at radius 3 is 2.52 bits per heavy atom. The number of benzene rings is 1. The van der Waals surface area contributed by atoms with Gasteiger partial charge in [-0.1, -0.05) is 25.5 Å². The number of hydrogen-bond donors (Lipinski definition) is 4. The summed E-state index contributed by atoms with van der Waals surface area (Å²) in [4.78, 5) is 48.8. The molecule has 2 rings (SSSR count). The number of hydrogen-bond acceptors (Lipinski definition) is 7. The first kappa shape index (κ1) is 26.3. The molecule has 1 heterocycles. The summed E-state index contributed by atoms with van der Waals surface area (Å²) in [6, 6.07) is 7.09. The molecule has 1 aliphatic heterocycles. The van der Waals surface area contributed by atoms with Crippen LogP contribution in [0.1, 0.15) is 51.0 Å². The number of likely N-dealkylation sites (N-methyl/N-ethyl adjacent to an activating group) is 1. The third kappa shape index (κ3) is 7.26. The highest BCUT2D eigenvalue weighted by Gasteiger charge is 2.41. The fourth-order valence-corrected chi connectivity index (χ4v) is 4.34. The number of rotatable bonds is 10. The van der Waals surface area contributed by atoms with Crippen molar-refractivity contribution in [3.05, 3.63) is 29.8 Å². The molecule has 1 aliphatic rings. The third-order valence-electron chi connectivity index (χ3n) is 6.08. The zero-order valence-corrected chi connectivity index (χ0v) is 19.0. The maximum absolute atomic E-state index is 12.5. The smallest absolute Gasteiger partial charge is 0.322 e. The molecule has 1 amide bonds. The van der Waals surface area contributed by atoms with Crippen molar-refractivity contribution in [3.8, 4) is 5.75 Å². The molecule has 0 aromatic heterocycles. The van der Waals surface area contributed by atoms with E-state index in [4.69, 9.17) is 14.9 Å². The van der Waals surface area contributed by atoms with Crippen LogP contribution in [0.25, 0.3) is 0 Å². The fraction of sp³-hybridized carbons (Fsp3) is 0.565. The zero-order chi connectivity index (χ0) is 24.6. The number of esters is 1. The fourth-order valence-electron chi connectivity index (χ4n) is 4.34. The molecule has 1 unspecified atom stereocenters. The molecule has 1 aromatic carbocycles. The topological polar surface area (TPSA) is 153 Å². The second-order valence-corrected chi connectivity index (χ2v) is 8.69. The van der Waals surface area contributed by atoms with E-state index in [9.17, 15) is 24.3 Å². The van der Waals surface area contributed by atoms with Crippen molar-refractivity contribution in [2.45, 2.75) is 56.5 Å². The van der Waals surface area contributed by atoms with Crippen molar-refractivity contribution in [1.29, 1.82) is 0 Å². The van der Waals surface area contributed by atoms with E-state index in [0.29, 0.717) is 0 Å². The Balaban J connectivity index is 2.19. The molecule has 1 aromatic rings. The average Bonchev–Trinajstić information content (AvgIpc) is 2.93. The molecule has 0 radical (unpaired) electrons. The summed E-state index contributed by atoms with van der Waals surface area (Å²) in [6.07, 6.45) is 2.05. The van der Waals surface area contributed by atoms with Gasteiger partial charge in [0.15, 0.2) is 5.60 Å². The molecule has 1 saturated heterocycles. The van der Waals surface area contributed by atoms with Gasteiger partial charge in [0.25, 0.3) is 5.91 Å². The van der Waals surface area contributed by atoms with Crippen LogP contribution in [0.4, 0.5) is 0 Å². The van der Waals surface area contributed by atoms with E-state index in [1.54, 1.807) is 18.2 Å². The summed E-state index contributed by atoms with van der Waals surface area (Å²) in [5.74, 6) is -4.97. The SMILES string of the molecule is CCC1(c2cccc(OC(=O)C[C@@](O)(CC(=O)O)C(=O)NCC(=O)O)c2)CCCCN(C)C1. The monoisotopic (exact) mass is 464 g/mol. The maximum Gasteiger partial charge on any atom is 0.322 e. The molecule has 2 atom stereocenters. The number of amides is 1. The minimum atomic E-state index is -2.65. The molecule has 1 fully saturated rings. The van der Waals surface area contributed by atoms with Crippen molar-refractivity contribution >= 4 is 23.8 Å². The van der Waals surface area contributed by atoms with E-state index in [-0.39, 0.29) is 11.2 Å². The van der Waals surface area contributed by atoms with Crippen LogP contribution in [0.2, 0.25) is 0 Å². The minimum absolute atomic E-state index is 0.103. The highest BCUT2D eigenvalue weighted by molar-refractivity contribution is 5.94. The first-order valence-electron chi connectivity index (χ1n) is 10.9. The van der Waals surface area contributed by atoms with Gasteiger partial charge >= 0.3 is 17.9 Å². The highest BCUT2D eigenvalue weighted by Crippen LogP contribution is 2.37. The largest absolute Gasteiger partial charge is 0.481 e. The molecule has 0 bridgehead atoms. The van der Waals surface area contributed by atoms with Gasteiger partial charge in [-0.25, -0.2) is 0 Å². The lowest BCUT2D eigenvalue weighted by Gasteiger charge is -2.35. The van der Waals surface area contributed by atoms with Crippen LogP contribution in [-0.2, 0) is 24.6 Å². The molecule has 0 saturated carbocycles. The number of carbonyl (C=O) groups excluding carboxylic acids is 2. The van der Waals surface area contributed by atoms with E-state index in [1.165, 1.54) is 0 Å². The van der Waals surface area contributed by atoms with Gasteiger partial charge in [-0.15, -0.1) is 0 Å². The van der Waals surface area contributed by atoms with E-state index >= 15 is 0 Å². The molecule has 4 N–H and O–H groups in total. The number of nitrogens with zero attached hydrogens (tertiary/aromatic N) is 1. The summed E-state index contributed by atoms with van der Waals surface area (Å²) in [6.45, 7) is 3.18. The maximum atomic E-state index is 12.5. The standard InChI is InChI=1S/C23H32N2O8/c1-3-22(9-4-5-10-25(2)15-22)16-7-6-8-17(11-16)33-20(30)13-23(32,12-18(26)27)21(31)24-14-19(28)29/h6-8,11,32H,3-5,9-10,12-15H2,1-2H3,(H,24,31)(H,26,27)(H,28,29)/t22?,23-/m0/s1. The van der Waals surface area contributed by atoms with Gasteiger partial charge in [-0.05, 0) is 50.6 Å². The number of nitrogens with one attached hydrogen (secondary N) is 1. The molecule has 10 heteroatoms. The number of carboxylic acid groups (broad SMARTS) is 2. The molecular formula is C23H32N2O8. The summed E-state index contributed by atoms with van der Waals surface area (Å²) in [7, 11) is 2.08. The summed E-state index contributed by atoms with van der Waals surface area (Å²) >= 11 is 0. The zero-order valence-electron chi connectivity index (χ0n) is 19.0. The number of ether oxygens (including phenoxy) is 1. The van der Waals surface area contributed by atoms with Gasteiger partial charge in [-0.3, -0.25) is 19.2 Å². The Hall–Kier alpha value is -2.98. The van der Waals surface area contributed by atoms with Gasteiger partial charge in [-0.2, -0.15) is 0 Å². The summed E-state index contributed by atoms with van der Waals surface area (Å²) in [5, 5.41) is 30.2. The van der Waals surface area contributed by atoms with E-state index in [0.717, 1.165) is 44.3 Å². The molecule has 33 heavy (non-hydrogen) atoms. The van der Waals surface area contributed by atoms with Crippen molar-refractivity contribution in [1.82, 2.24) is 10.2 Å². The van der Waals surface area contributed by atoms with Crippen molar-refractivity contribution in [3.63, 3.8) is 0 Å². The first-order valence-corrected chi connectivity index (χ1v) is 10.9. The summed E-state index contributed by atoms with van der Waals surface area (Å²) < 4.78 is 5.34. The van der Waals surface area contributed by atoms with Crippen molar-refractivity contribution in [2.75, 3.05) is 26.7 Å². The predicted octanol–water partition coefficient (Wildman–Crippen LogP) is 1.15.